The van der Waals surface area contributed by atoms with Crippen molar-refractivity contribution in [1.82, 2.24) is 0 Å². The van der Waals surface area contributed by atoms with E-state index < -0.39 is 32.4 Å². The zero-order valence-corrected chi connectivity index (χ0v) is 10.6. The van der Waals surface area contributed by atoms with Gasteiger partial charge in [-0.15, -0.1) is 0 Å². The molecule has 0 aliphatic carbocycles. The molecular formula is C6H32O10Si2. The lowest BCUT2D eigenvalue weighted by Crippen LogP contribution is -2.35. The molecule has 12 heteroatoms. The second-order valence-electron chi connectivity index (χ2n) is 1.49. The molecule has 0 aliphatic rings. The zero-order valence-electron chi connectivity index (χ0n) is 8.16. The van der Waals surface area contributed by atoms with Crippen LogP contribution >= 0.6 is 0 Å². The molecule has 18 heavy (non-hydrogen) atoms. The molecule has 0 heterocycles. The van der Waals surface area contributed by atoms with Crippen molar-refractivity contribution in [1.29, 1.82) is 0 Å². The van der Waals surface area contributed by atoms with Crippen molar-refractivity contribution in [3.05, 3.63) is 0 Å². The lowest BCUT2D eigenvalue weighted by Gasteiger charge is -2.08. The van der Waals surface area contributed by atoms with E-state index in [0.717, 1.165) is 0 Å². The van der Waals surface area contributed by atoms with Crippen molar-refractivity contribution in [3.8, 4) is 0 Å². The summed E-state index contributed by atoms with van der Waals surface area (Å²) in [4.78, 5) is 24.8. The van der Waals surface area contributed by atoms with Gasteiger partial charge in [0.05, 0.1) is 0 Å². The highest BCUT2D eigenvalue weighted by Crippen LogP contribution is 1.87. The summed E-state index contributed by atoms with van der Waals surface area (Å²) in [5.74, 6) is 0. The van der Waals surface area contributed by atoms with Gasteiger partial charge in [0.25, 0.3) is 10.0 Å². The monoisotopic (exact) mass is 320 g/mol. The van der Waals surface area contributed by atoms with Crippen LogP contribution in [0.5, 0.6) is 0 Å². The van der Waals surface area contributed by atoms with Gasteiger partial charge in [-0.3, -0.25) is 0 Å². The Morgan fingerprint density at radius 1 is 0.889 bits per heavy atom. The van der Waals surface area contributed by atoms with E-state index in [9.17, 15) is 0 Å². The lowest BCUT2D eigenvalue weighted by atomic mass is 11.6. The minimum atomic E-state index is -3.35. The van der Waals surface area contributed by atoms with E-state index in [2.05, 4.69) is 4.12 Å². The number of hydrogen-bond acceptors (Lipinski definition) is 8. The van der Waals surface area contributed by atoms with Gasteiger partial charge in [-0.2, -0.15) is 0 Å². The third-order valence-corrected chi connectivity index (χ3v) is 3.04. The maximum atomic E-state index is 8.36. The second-order valence-corrected chi connectivity index (χ2v) is 4.77. The molecule has 0 saturated carbocycles. The molecule has 0 aromatic rings. The van der Waals surface area contributed by atoms with Gasteiger partial charge in [0.1, 0.15) is 13.6 Å². The van der Waals surface area contributed by atoms with Crippen LogP contribution in [0.1, 0.15) is 22.3 Å². The highest BCUT2D eigenvalue weighted by atomic mass is 28.4. The largest absolute Gasteiger partial charge is 0.482 e. The van der Waals surface area contributed by atoms with Crippen molar-refractivity contribution in [2.75, 3.05) is 13.6 Å². The van der Waals surface area contributed by atoms with E-state index in [1.54, 1.807) is 0 Å². The van der Waals surface area contributed by atoms with Gasteiger partial charge in [0.2, 0.25) is 0 Å². The fraction of sp³-hybridized carbons (Fsp3) is 1.00. The van der Waals surface area contributed by atoms with Crippen LogP contribution < -0.4 is 0 Å². The molecule has 0 atom stereocenters. The molecule has 0 aromatic heterocycles. The highest BCUT2D eigenvalue weighted by Gasteiger charge is 2.22. The zero-order chi connectivity index (χ0) is 11.3. The average molecular weight is 320 g/mol. The number of rotatable bonds is 2. The molecule has 0 radical (unpaired) electrons. The third-order valence-electron chi connectivity index (χ3n) is 0.338. The van der Waals surface area contributed by atoms with E-state index in [0.29, 0.717) is 0 Å². The summed E-state index contributed by atoms with van der Waals surface area (Å²) in [6, 6.07) is 0. The minimum absolute atomic E-state index is 0. The predicted molar refractivity (Wildman–Crippen MR) is 73.9 cm³/mol. The van der Waals surface area contributed by atoms with Gasteiger partial charge in [-0.1, -0.05) is 22.3 Å². The number of aliphatic hydroxyl groups is 4. The van der Waals surface area contributed by atoms with E-state index in [1.165, 1.54) is 6.55 Å². The van der Waals surface area contributed by atoms with Crippen molar-refractivity contribution in [3.63, 3.8) is 0 Å². The molecule has 124 valence electrons. The maximum absolute atomic E-state index is 8.36. The molecule has 11 N–H and O–H groups in total. The summed E-state index contributed by atoms with van der Waals surface area (Å²) in [6.45, 7) is -0.323. The van der Waals surface area contributed by atoms with E-state index in [1.807, 2.05) is 0 Å². The van der Waals surface area contributed by atoms with Crippen molar-refractivity contribution in [2.45, 2.75) is 28.8 Å². The molecule has 0 rings (SSSR count). The highest BCUT2D eigenvalue weighted by molar-refractivity contribution is 6.60. The van der Waals surface area contributed by atoms with E-state index in [-0.39, 0.29) is 33.2 Å². The van der Waals surface area contributed by atoms with Gasteiger partial charge in [0.15, 0.2) is 0 Å². The lowest BCUT2D eigenvalue weighted by molar-refractivity contribution is 0.0767. The Bertz CT molecular complexity index is 79.3. The number of hydrogen-bond donors (Lipinski definition) is 7. The van der Waals surface area contributed by atoms with Crippen LogP contribution in [0.25, 0.3) is 0 Å². The molecule has 0 aliphatic heterocycles. The van der Waals surface area contributed by atoms with Crippen molar-refractivity contribution >= 4 is 18.8 Å². The van der Waals surface area contributed by atoms with E-state index >= 15 is 0 Å². The molecule has 0 spiro atoms. The average Bonchev–Trinajstić information content (AvgIpc) is 1.87. The van der Waals surface area contributed by atoms with Crippen LogP contribution in [-0.2, 0) is 4.12 Å². The normalized spacial score (nSPS) is 7.33. The van der Waals surface area contributed by atoms with Crippen LogP contribution in [0.4, 0.5) is 0 Å². The topological polar surface area (TPSA) is 214 Å². The first-order valence-corrected chi connectivity index (χ1v) is 6.53. The molecule has 0 amide bonds. The summed E-state index contributed by atoms with van der Waals surface area (Å²) < 4.78 is 4.17. The van der Waals surface area contributed by atoms with Crippen LogP contribution in [0, 0.1) is 0 Å². The third kappa shape index (κ3) is 223. The Balaban J connectivity index is -0.0000000135. The Kier molecular flexibility index (Phi) is 126. The SMILES string of the molecule is C.C.C.C[Si](O)(O)O[SiH2]O.O.O.OCO.OCO. The molecule has 10 nitrogen and oxygen atoms in total. The van der Waals surface area contributed by atoms with Gasteiger partial charge in [0, 0.05) is 6.55 Å². The summed E-state index contributed by atoms with van der Waals surface area (Å²) in [5, 5.41) is 28.5. The first-order valence-electron chi connectivity index (χ1n) is 3.02. The van der Waals surface area contributed by atoms with Crippen molar-refractivity contribution in [2.24, 2.45) is 0 Å². The van der Waals surface area contributed by atoms with Crippen LogP contribution in [0.15, 0.2) is 0 Å². The van der Waals surface area contributed by atoms with Gasteiger partial charge < -0.3 is 49.9 Å². The fourth-order valence-corrected chi connectivity index (χ4v) is 1.10. The first kappa shape index (κ1) is 52.0. The molecular weight excluding hydrogens is 288 g/mol. The second kappa shape index (κ2) is 43.5. The van der Waals surface area contributed by atoms with Gasteiger partial charge >= 0.3 is 8.80 Å². The molecule has 0 fully saturated rings. The smallest absolute Gasteiger partial charge is 0.416 e. The van der Waals surface area contributed by atoms with E-state index in [4.69, 9.17) is 34.8 Å². The summed E-state index contributed by atoms with van der Waals surface area (Å²) >= 11 is 0. The van der Waals surface area contributed by atoms with Crippen molar-refractivity contribution < 1.29 is 49.9 Å². The summed E-state index contributed by atoms with van der Waals surface area (Å²) in [6.07, 6.45) is 0. The van der Waals surface area contributed by atoms with Crippen LogP contribution in [0.2, 0.25) is 6.55 Å². The van der Waals surface area contributed by atoms with Crippen LogP contribution in [0.3, 0.4) is 0 Å². The Hall–Kier alpha value is 0.0338. The maximum Gasteiger partial charge on any atom is 0.482 e. The molecule has 0 bridgehead atoms. The Morgan fingerprint density at radius 3 is 1.06 bits per heavy atom. The fourth-order valence-electron chi connectivity index (χ4n) is 0.122. The Morgan fingerprint density at radius 2 is 1.06 bits per heavy atom. The minimum Gasteiger partial charge on any atom is -0.416 e. The molecule has 0 saturated heterocycles. The van der Waals surface area contributed by atoms with Gasteiger partial charge in [-0.05, 0) is 0 Å². The summed E-state index contributed by atoms with van der Waals surface area (Å²) in [7, 11) is -4.97. The predicted octanol–water partition coefficient (Wildman–Crippen LogP) is -4.34. The first-order chi connectivity index (χ1) is 5.89. The Labute approximate surface area is 112 Å². The standard InChI is InChI=1S/CH8O4Si2.2CH4O2.3CH4.2H2O/c1-7(3,4)5-6-2;2*2-1-3;;;;;/h2-4H,6H2,1H3;2*2-3H,1H2;3*1H4;2*1H2. The molecule has 0 aromatic carbocycles. The molecule has 0 unspecified atom stereocenters. The van der Waals surface area contributed by atoms with Crippen LogP contribution in [-0.4, -0.2) is 78.2 Å². The quantitative estimate of drug-likeness (QED) is 0.194. The summed E-state index contributed by atoms with van der Waals surface area (Å²) in [5.41, 5.74) is 0. The van der Waals surface area contributed by atoms with Gasteiger partial charge in [-0.25, -0.2) is 0 Å². The number of aliphatic hydroxyl groups excluding tert-OH is 2.